The minimum atomic E-state index is -0.644. The maximum Gasteiger partial charge on any atom is 0.330 e. The van der Waals surface area contributed by atoms with Gasteiger partial charge in [0.2, 0.25) is 5.91 Å². The average Bonchev–Trinajstić information content (AvgIpc) is 2.70. The van der Waals surface area contributed by atoms with Crippen molar-refractivity contribution in [1.29, 1.82) is 0 Å². The molecule has 0 aliphatic carbocycles. The number of nitrogens with two attached hydrogens (primary N) is 1. The van der Waals surface area contributed by atoms with E-state index in [1.54, 1.807) is 0 Å². The molecule has 0 saturated heterocycles. The largest absolute Gasteiger partial charge is 0.383 e. The van der Waals surface area contributed by atoms with E-state index in [1.807, 2.05) is 70.2 Å². The van der Waals surface area contributed by atoms with Crippen LogP contribution in [0.5, 0.6) is 0 Å². The third-order valence-electron chi connectivity index (χ3n) is 5.10. The van der Waals surface area contributed by atoms with E-state index in [9.17, 15) is 14.4 Å². The summed E-state index contributed by atoms with van der Waals surface area (Å²) in [4.78, 5) is 42.3. The zero-order valence-electron chi connectivity index (χ0n) is 18.5. The summed E-state index contributed by atoms with van der Waals surface area (Å²) >= 11 is 0. The average molecular weight is 423 g/mol. The smallest absolute Gasteiger partial charge is 0.330 e. The summed E-state index contributed by atoms with van der Waals surface area (Å²) in [5.74, 6) is 0.0239. The monoisotopic (exact) mass is 422 g/mol. The Morgan fingerprint density at radius 1 is 1.03 bits per heavy atom. The SMILES string of the molecule is CC(C)CN(C(=O)Cc1cccc2ccccc12)c1c(N)n(CC(C)C)c(=O)[nH]c1=O. The number of nitrogens with zero attached hydrogens (tertiary/aromatic N) is 2. The van der Waals surface area contributed by atoms with Gasteiger partial charge in [0.25, 0.3) is 5.56 Å². The topological polar surface area (TPSA) is 101 Å². The molecule has 0 saturated carbocycles. The first-order chi connectivity index (χ1) is 14.7. The van der Waals surface area contributed by atoms with Gasteiger partial charge in [0.15, 0.2) is 5.69 Å². The number of fused-ring (bicyclic) bond motifs is 1. The molecule has 1 amide bonds. The van der Waals surface area contributed by atoms with Crippen LogP contribution in [-0.2, 0) is 17.8 Å². The van der Waals surface area contributed by atoms with E-state index in [-0.39, 0.29) is 35.7 Å². The lowest BCUT2D eigenvalue weighted by atomic mass is 10.0. The van der Waals surface area contributed by atoms with Crippen LogP contribution in [0.3, 0.4) is 0 Å². The van der Waals surface area contributed by atoms with Crippen molar-refractivity contribution in [1.82, 2.24) is 9.55 Å². The number of H-pyrrole nitrogens is 1. The molecule has 3 rings (SSSR count). The van der Waals surface area contributed by atoms with Gasteiger partial charge in [-0.3, -0.25) is 19.1 Å². The van der Waals surface area contributed by atoms with Crippen molar-refractivity contribution < 1.29 is 4.79 Å². The number of aromatic amines is 1. The van der Waals surface area contributed by atoms with Crippen LogP contribution in [0.25, 0.3) is 10.8 Å². The Bertz CT molecular complexity index is 1200. The molecule has 0 spiro atoms. The number of anilines is 2. The Hall–Kier alpha value is -3.35. The van der Waals surface area contributed by atoms with Crippen LogP contribution in [0.4, 0.5) is 11.5 Å². The summed E-state index contributed by atoms with van der Waals surface area (Å²) in [5.41, 5.74) is 5.99. The van der Waals surface area contributed by atoms with Crippen LogP contribution < -0.4 is 21.9 Å². The highest BCUT2D eigenvalue weighted by Gasteiger charge is 2.25. The van der Waals surface area contributed by atoms with Crippen molar-refractivity contribution >= 4 is 28.2 Å². The molecule has 3 N–H and O–H groups in total. The van der Waals surface area contributed by atoms with E-state index in [1.165, 1.54) is 9.47 Å². The van der Waals surface area contributed by atoms with E-state index >= 15 is 0 Å². The number of benzene rings is 2. The van der Waals surface area contributed by atoms with Crippen molar-refractivity contribution in [2.45, 2.75) is 40.7 Å². The van der Waals surface area contributed by atoms with Crippen LogP contribution in [0.1, 0.15) is 33.3 Å². The van der Waals surface area contributed by atoms with Gasteiger partial charge in [0, 0.05) is 13.1 Å². The van der Waals surface area contributed by atoms with Crippen molar-refractivity contribution in [2.75, 3.05) is 17.2 Å². The van der Waals surface area contributed by atoms with Gasteiger partial charge in [-0.05, 0) is 28.2 Å². The Morgan fingerprint density at radius 2 is 1.71 bits per heavy atom. The number of nitrogens with one attached hydrogen (secondary N) is 1. The molecule has 0 atom stereocenters. The van der Waals surface area contributed by atoms with Gasteiger partial charge in [-0.25, -0.2) is 4.79 Å². The van der Waals surface area contributed by atoms with E-state index in [4.69, 9.17) is 5.73 Å². The maximum absolute atomic E-state index is 13.4. The second kappa shape index (κ2) is 9.20. The summed E-state index contributed by atoms with van der Waals surface area (Å²) in [5, 5.41) is 2.04. The van der Waals surface area contributed by atoms with E-state index < -0.39 is 11.2 Å². The van der Waals surface area contributed by atoms with E-state index in [0.717, 1.165) is 16.3 Å². The van der Waals surface area contributed by atoms with E-state index in [2.05, 4.69) is 4.98 Å². The Labute approximate surface area is 181 Å². The summed E-state index contributed by atoms with van der Waals surface area (Å²) in [7, 11) is 0. The number of carbonyl (C=O) groups excluding carboxylic acids is 1. The van der Waals surface area contributed by atoms with Gasteiger partial charge in [-0.15, -0.1) is 0 Å². The molecule has 3 aromatic rings. The molecule has 7 heteroatoms. The van der Waals surface area contributed by atoms with Gasteiger partial charge in [0.1, 0.15) is 5.82 Å². The molecule has 2 aromatic carbocycles. The Morgan fingerprint density at radius 3 is 2.39 bits per heavy atom. The summed E-state index contributed by atoms with van der Waals surface area (Å²) < 4.78 is 1.33. The quantitative estimate of drug-likeness (QED) is 0.611. The fourth-order valence-electron chi connectivity index (χ4n) is 3.77. The second-order valence-corrected chi connectivity index (χ2v) is 8.71. The molecular weight excluding hydrogens is 392 g/mol. The summed E-state index contributed by atoms with van der Waals surface area (Å²) in [6.07, 6.45) is 0.121. The van der Waals surface area contributed by atoms with Crippen LogP contribution in [-0.4, -0.2) is 22.0 Å². The molecule has 1 heterocycles. The zero-order valence-corrected chi connectivity index (χ0v) is 18.5. The number of carbonyl (C=O) groups is 1. The first-order valence-corrected chi connectivity index (χ1v) is 10.6. The molecule has 7 nitrogen and oxygen atoms in total. The third kappa shape index (κ3) is 4.87. The fourth-order valence-corrected chi connectivity index (χ4v) is 3.77. The van der Waals surface area contributed by atoms with Gasteiger partial charge in [0.05, 0.1) is 6.42 Å². The number of amides is 1. The molecular formula is C24H30N4O3. The summed E-state index contributed by atoms with van der Waals surface area (Å²) in [6.45, 7) is 8.50. The zero-order chi connectivity index (χ0) is 22.7. The first-order valence-electron chi connectivity index (χ1n) is 10.6. The molecule has 1 aromatic heterocycles. The van der Waals surface area contributed by atoms with Crippen molar-refractivity contribution in [3.63, 3.8) is 0 Å². The lowest BCUT2D eigenvalue weighted by Gasteiger charge is -2.26. The standard InChI is InChI=1S/C24H30N4O3/c1-15(2)13-27(21-22(25)28(14-16(3)4)24(31)26-23(21)30)20(29)12-18-10-7-9-17-8-5-6-11-19(17)18/h5-11,15-16H,12-14,25H2,1-4H3,(H,26,30,31). The predicted molar refractivity (Wildman–Crippen MR) is 125 cm³/mol. The van der Waals surface area contributed by atoms with Crippen LogP contribution in [0, 0.1) is 11.8 Å². The number of hydrogen-bond donors (Lipinski definition) is 2. The molecule has 0 fully saturated rings. The molecule has 0 aliphatic heterocycles. The highest BCUT2D eigenvalue weighted by molar-refractivity contribution is 5.99. The van der Waals surface area contributed by atoms with Crippen molar-refractivity contribution in [3.05, 3.63) is 68.9 Å². The molecule has 0 radical (unpaired) electrons. The number of hydrogen-bond acceptors (Lipinski definition) is 4. The number of rotatable bonds is 7. The molecule has 0 unspecified atom stereocenters. The first kappa shape index (κ1) is 22.3. The van der Waals surface area contributed by atoms with Gasteiger partial charge in [-0.2, -0.15) is 0 Å². The van der Waals surface area contributed by atoms with Crippen LogP contribution >= 0.6 is 0 Å². The highest BCUT2D eigenvalue weighted by atomic mass is 16.2. The predicted octanol–water partition coefficient (Wildman–Crippen LogP) is 3.16. The van der Waals surface area contributed by atoms with Crippen molar-refractivity contribution in [3.8, 4) is 0 Å². The molecule has 164 valence electrons. The molecule has 31 heavy (non-hydrogen) atoms. The molecule has 0 aliphatic rings. The van der Waals surface area contributed by atoms with E-state index in [0.29, 0.717) is 13.1 Å². The lowest BCUT2D eigenvalue weighted by Crippen LogP contribution is -2.43. The normalized spacial score (nSPS) is 11.4. The second-order valence-electron chi connectivity index (χ2n) is 8.71. The molecule has 0 bridgehead atoms. The summed E-state index contributed by atoms with van der Waals surface area (Å²) in [6, 6.07) is 13.7. The Kier molecular flexibility index (Phi) is 6.63. The van der Waals surface area contributed by atoms with Gasteiger partial charge < -0.3 is 10.6 Å². The van der Waals surface area contributed by atoms with Crippen LogP contribution in [0.2, 0.25) is 0 Å². The van der Waals surface area contributed by atoms with Gasteiger partial charge in [-0.1, -0.05) is 70.2 Å². The number of nitrogen functional groups attached to an aromatic ring is 1. The minimum absolute atomic E-state index is 0.0226. The fraction of sp³-hybridized carbons (Fsp3) is 0.375. The minimum Gasteiger partial charge on any atom is -0.383 e. The lowest BCUT2D eigenvalue weighted by molar-refractivity contribution is -0.118. The maximum atomic E-state index is 13.4. The third-order valence-corrected chi connectivity index (χ3v) is 5.10. The van der Waals surface area contributed by atoms with Crippen LogP contribution in [0.15, 0.2) is 52.1 Å². The van der Waals surface area contributed by atoms with Gasteiger partial charge >= 0.3 is 5.69 Å². The number of aromatic nitrogens is 2. The van der Waals surface area contributed by atoms with Crippen molar-refractivity contribution in [2.24, 2.45) is 11.8 Å². The highest BCUT2D eigenvalue weighted by Crippen LogP contribution is 2.23. The Balaban J connectivity index is 2.07.